The van der Waals surface area contributed by atoms with Gasteiger partial charge in [0.25, 0.3) is 0 Å². The Kier molecular flexibility index (Phi) is 3.65. The van der Waals surface area contributed by atoms with Gasteiger partial charge in [-0.1, -0.05) is 18.3 Å². The zero-order valence-electron chi connectivity index (χ0n) is 10.5. The normalized spacial score (nSPS) is 16.9. The molecule has 1 aromatic rings. The fourth-order valence-electron chi connectivity index (χ4n) is 2.03. The van der Waals surface area contributed by atoms with Crippen LogP contribution in [-0.2, 0) is 0 Å². The van der Waals surface area contributed by atoms with E-state index in [1.54, 1.807) is 0 Å². The number of carboxylic acid groups (broad SMARTS) is 1. The van der Waals surface area contributed by atoms with Gasteiger partial charge in [0.1, 0.15) is 4.88 Å². The van der Waals surface area contributed by atoms with Crippen molar-refractivity contribution in [3.8, 4) is 0 Å². The summed E-state index contributed by atoms with van der Waals surface area (Å²) in [7, 11) is 0. The summed E-state index contributed by atoms with van der Waals surface area (Å²) in [5.41, 5.74) is -0.110. The molecular formula is C12H16N2O3S. The van der Waals surface area contributed by atoms with Crippen LogP contribution in [0.4, 0.5) is 5.13 Å². The highest BCUT2D eigenvalue weighted by Crippen LogP contribution is 2.30. The number of anilines is 1. The number of rotatable bonds is 3. The van der Waals surface area contributed by atoms with Crippen molar-refractivity contribution in [3.63, 3.8) is 0 Å². The van der Waals surface area contributed by atoms with Crippen LogP contribution in [0.25, 0.3) is 0 Å². The Balaban J connectivity index is 2.26. The summed E-state index contributed by atoms with van der Waals surface area (Å²) in [6, 6.07) is 0. The first-order chi connectivity index (χ1) is 8.49. The largest absolute Gasteiger partial charge is 0.476 e. The monoisotopic (exact) mass is 268 g/mol. The molecule has 0 bridgehead atoms. The molecule has 5 nitrogen and oxygen atoms in total. The van der Waals surface area contributed by atoms with E-state index in [4.69, 9.17) is 5.11 Å². The number of ketones is 1. The third-order valence-electron chi connectivity index (χ3n) is 3.19. The van der Waals surface area contributed by atoms with Crippen LogP contribution in [0, 0.1) is 5.92 Å². The Bertz CT molecular complexity index is 444. The second-order valence-corrected chi connectivity index (χ2v) is 5.68. The Morgan fingerprint density at radius 2 is 2.00 bits per heavy atom. The van der Waals surface area contributed by atoms with Crippen LogP contribution in [0.1, 0.15) is 46.8 Å². The van der Waals surface area contributed by atoms with Crippen LogP contribution in [-0.4, -0.2) is 34.9 Å². The molecule has 2 heterocycles. The summed E-state index contributed by atoms with van der Waals surface area (Å²) in [6.45, 7) is 5.35. The highest BCUT2D eigenvalue weighted by atomic mass is 32.1. The average molecular weight is 268 g/mol. The molecule has 1 fully saturated rings. The lowest BCUT2D eigenvalue weighted by atomic mass is 10.00. The molecule has 1 aliphatic heterocycles. The van der Waals surface area contributed by atoms with Crippen molar-refractivity contribution in [1.29, 1.82) is 0 Å². The molecule has 1 aromatic heterocycles. The maximum absolute atomic E-state index is 11.4. The van der Waals surface area contributed by atoms with E-state index in [0.29, 0.717) is 11.0 Å². The van der Waals surface area contributed by atoms with Crippen molar-refractivity contribution < 1.29 is 14.7 Å². The number of carbonyl (C=O) groups excluding carboxylic acids is 1. The molecule has 0 saturated carbocycles. The minimum atomic E-state index is -1.13. The second kappa shape index (κ2) is 5.06. The minimum absolute atomic E-state index is 0.110. The molecule has 0 amide bonds. The lowest BCUT2D eigenvalue weighted by Crippen LogP contribution is -2.32. The number of carboxylic acids is 1. The maximum Gasteiger partial charge on any atom is 0.356 e. The predicted octanol–water partition coefficient (Wildman–Crippen LogP) is 2.28. The zero-order valence-corrected chi connectivity index (χ0v) is 11.3. The molecule has 1 aliphatic rings. The van der Waals surface area contributed by atoms with Gasteiger partial charge in [-0.2, -0.15) is 0 Å². The maximum atomic E-state index is 11.4. The summed E-state index contributed by atoms with van der Waals surface area (Å²) in [6.07, 6.45) is 2.16. The molecule has 2 rings (SSSR count). The Labute approximate surface area is 109 Å². The number of aromatic nitrogens is 1. The van der Waals surface area contributed by atoms with Gasteiger partial charge >= 0.3 is 5.97 Å². The molecule has 0 spiro atoms. The average Bonchev–Trinajstić information content (AvgIpc) is 2.75. The van der Waals surface area contributed by atoms with Crippen LogP contribution in [0.3, 0.4) is 0 Å². The Hall–Kier alpha value is -1.43. The summed E-state index contributed by atoms with van der Waals surface area (Å²) in [5.74, 6) is -0.665. The van der Waals surface area contributed by atoms with Gasteiger partial charge in [0, 0.05) is 20.0 Å². The predicted molar refractivity (Wildman–Crippen MR) is 69.7 cm³/mol. The summed E-state index contributed by atoms with van der Waals surface area (Å²) in [5, 5.41) is 9.70. The van der Waals surface area contributed by atoms with E-state index in [9.17, 15) is 9.59 Å². The highest BCUT2D eigenvalue weighted by molar-refractivity contribution is 7.17. The van der Waals surface area contributed by atoms with Crippen molar-refractivity contribution >= 4 is 28.2 Å². The van der Waals surface area contributed by atoms with E-state index >= 15 is 0 Å². The SMILES string of the molecule is CC(=O)c1sc(N2CCC(C)CC2)nc1C(=O)O. The van der Waals surface area contributed by atoms with E-state index in [1.165, 1.54) is 18.3 Å². The number of aromatic carboxylic acids is 1. The van der Waals surface area contributed by atoms with Gasteiger partial charge in [0.15, 0.2) is 16.6 Å². The quantitative estimate of drug-likeness (QED) is 0.852. The summed E-state index contributed by atoms with van der Waals surface area (Å²) < 4.78 is 0. The minimum Gasteiger partial charge on any atom is -0.476 e. The van der Waals surface area contributed by atoms with Gasteiger partial charge in [-0.05, 0) is 18.8 Å². The van der Waals surface area contributed by atoms with Crippen molar-refractivity contribution in [1.82, 2.24) is 4.98 Å². The summed E-state index contributed by atoms with van der Waals surface area (Å²) in [4.78, 5) is 28.9. The van der Waals surface area contributed by atoms with Crippen LogP contribution in [0.15, 0.2) is 0 Å². The van der Waals surface area contributed by atoms with E-state index in [0.717, 1.165) is 25.9 Å². The zero-order chi connectivity index (χ0) is 13.3. The van der Waals surface area contributed by atoms with Crippen molar-refractivity contribution in [2.75, 3.05) is 18.0 Å². The molecule has 0 unspecified atom stereocenters. The van der Waals surface area contributed by atoms with E-state index < -0.39 is 5.97 Å². The lowest BCUT2D eigenvalue weighted by molar-refractivity contribution is 0.0687. The third-order valence-corrected chi connectivity index (χ3v) is 4.41. The molecule has 0 atom stereocenters. The first-order valence-corrected chi connectivity index (χ1v) is 6.80. The van der Waals surface area contributed by atoms with Crippen LogP contribution >= 0.6 is 11.3 Å². The Morgan fingerprint density at radius 1 is 1.39 bits per heavy atom. The van der Waals surface area contributed by atoms with Crippen molar-refractivity contribution in [2.24, 2.45) is 5.92 Å². The molecule has 1 saturated heterocycles. The van der Waals surface area contributed by atoms with E-state index in [-0.39, 0.29) is 16.4 Å². The van der Waals surface area contributed by atoms with Crippen molar-refractivity contribution in [2.45, 2.75) is 26.7 Å². The van der Waals surface area contributed by atoms with Gasteiger partial charge in [0.2, 0.25) is 0 Å². The van der Waals surface area contributed by atoms with Crippen LogP contribution in [0.2, 0.25) is 0 Å². The van der Waals surface area contributed by atoms with E-state index in [1.807, 2.05) is 0 Å². The number of carbonyl (C=O) groups is 2. The summed E-state index contributed by atoms with van der Waals surface area (Å²) >= 11 is 1.19. The molecular weight excluding hydrogens is 252 g/mol. The number of hydrogen-bond acceptors (Lipinski definition) is 5. The van der Waals surface area contributed by atoms with Gasteiger partial charge in [-0.3, -0.25) is 4.79 Å². The Morgan fingerprint density at radius 3 is 2.44 bits per heavy atom. The molecule has 0 aromatic carbocycles. The lowest BCUT2D eigenvalue weighted by Gasteiger charge is -2.29. The number of Topliss-reactive ketones (excluding diaryl/α,β-unsaturated/α-hetero) is 1. The van der Waals surface area contributed by atoms with Crippen LogP contribution < -0.4 is 4.90 Å². The first kappa shape index (κ1) is 13.0. The van der Waals surface area contributed by atoms with Gasteiger partial charge in [0.05, 0.1) is 0 Å². The smallest absolute Gasteiger partial charge is 0.356 e. The van der Waals surface area contributed by atoms with Crippen molar-refractivity contribution in [3.05, 3.63) is 10.6 Å². The first-order valence-electron chi connectivity index (χ1n) is 5.99. The fourth-order valence-corrected chi connectivity index (χ4v) is 3.03. The molecule has 1 N–H and O–H groups in total. The third kappa shape index (κ3) is 2.53. The number of piperidine rings is 1. The molecule has 0 aliphatic carbocycles. The molecule has 98 valence electrons. The van der Waals surface area contributed by atoms with Crippen LogP contribution in [0.5, 0.6) is 0 Å². The second-order valence-electron chi connectivity index (χ2n) is 4.71. The molecule has 6 heteroatoms. The molecule has 18 heavy (non-hydrogen) atoms. The number of nitrogens with zero attached hydrogens (tertiary/aromatic N) is 2. The number of hydrogen-bond donors (Lipinski definition) is 1. The highest BCUT2D eigenvalue weighted by Gasteiger charge is 2.25. The standard InChI is InChI=1S/C12H16N2O3S/c1-7-3-5-14(6-4-7)12-13-9(11(16)17)10(18-12)8(2)15/h7H,3-6H2,1-2H3,(H,16,17). The number of thiazole rings is 1. The molecule has 0 radical (unpaired) electrons. The van der Waals surface area contributed by atoms with Gasteiger partial charge < -0.3 is 10.0 Å². The van der Waals surface area contributed by atoms with Gasteiger partial charge in [-0.25, -0.2) is 9.78 Å². The van der Waals surface area contributed by atoms with E-state index in [2.05, 4.69) is 16.8 Å². The topological polar surface area (TPSA) is 70.5 Å². The van der Waals surface area contributed by atoms with Gasteiger partial charge in [-0.15, -0.1) is 0 Å². The fraction of sp³-hybridized carbons (Fsp3) is 0.583.